The molecule has 1 atom stereocenters. The SMILES string of the molecule is C#CCNS(=O)(=O)N1CCN(C(=O)NCC2CC=CCC2)CC1. The summed E-state index contributed by atoms with van der Waals surface area (Å²) >= 11 is 0. The van der Waals surface area contributed by atoms with Crippen LogP contribution >= 0.6 is 0 Å². The maximum Gasteiger partial charge on any atom is 0.317 e. The summed E-state index contributed by atoms with van der Waals surface area (Å²) in [5.74, 6) is 2.74. The standard InChI is InChI=1S/C15H24N4O3S/c1-2-8-17-23(21,22)19-11-9-18(10-12-19)15(20)16-13-14-6-4-3-5-7-14/h1,3-4,14,17H,5-13H2,(H,16,20). The topological polar surface area (TPSA) is 81.8 Å². The molecule has 2 amide bonds. The minimum atomic E-state index is -3.55. The quantitative estimate of drug-likeness (QED) is 0.552. The molecule has 0 aromatic heterocycles. The Morgan fingerprint density at radius 3 is 2.61 bits per heavy atom. The van der Waals surface area contributed by atoms with E-state index in [0.29, 0.717) is 25.6 Å². The van der Waals surface area contributed by atoms with Crippen molar-refractivity contribution in [2.75, 3.05) is 39.3 Å². The zero-order chi connectivity index (χ0) is 16.7. The van der Waals surface area contributed by atoms with Crippen molar-refractivity contribution in [1.82, 2.24) is 19.2 Å². The van der Waals surface area contributed by atoms with Gasteiger partial charge < -0.3 is 10.2 Å². The predicted molar refractivity (Wildman–Crippen MR) is 88.8 cm³/mol. The monoisotopic (exact) mass is 340 g/mol. The Kier molecular flexibility index (Phi) is 6.45. The zero-order valence-corrected chi connectivity index (χ0v) is 14.0. The molecule has 2 aliphatic rings. The van der Waals surface area contributed by atoms with Gasteiger partial charge in [-0.05, 0) is 25.2 Å². The number of hydrogen-bond acceptors (Lipinski definition) is 3. The van der Waals surface area contributed by atoms with Crippen molar-refractivity contribution in [1.29, 1.82) is 0 Å². The van der Waals surface area contributed by atoms with Gasteiger partial charge in [0, 0.05) is 32.7 Å². The van der Waals surface area contributed by atoms with Gasteiger partial charge in [0.1, 0.15) is 0 Å². The third-order valence-electron chi connectivity index (χ3n) is 4.14. The number of carbonyl (C=O) groups is 1. The number of nitrogens with zero attached hydrogens (tertiary/aromatic N) is 2. The molecule has 128 valence electrons. The Hall–Kier alpha value is -1.56. The van der Waals surface area contributed by atoms with Crippen LogP contribution in [0.2, 0.25) is 0 Å². The molecule has 1 saturated heterocycles. The van der Waals surface area contributed by atoms with Crippen LogP contribution in [-0.4, -0.2) is 62.9 Å². The summed E-state index contributed by atoms with van der Waals surface area (Å²) in [4.78, 5) is 13.8. The molecule has 0 aromatic carbocycles. The van der Waals surface area contributed by atoms with Crippen molar-refractivity contribution < 1.29 is 13.2 Å². The van der Waals surface area contributed by atoms with Crippen LogP contribution < -0.4 is 10.0 Å². The molecule has 1 aliphatic carbocycles. The number of piperazine rings is 1. The van der Waals surface area contributed by atoms with Crippen molar-refractivity contribution >= 4 is 16.2 Å². The molecule has 23 heavy (non-hydrogen) atoms. The lowest BCUT2D eigenvalue weighted by molar-refractivity contribution is 0.170. The average molecular weight is 340 g/mol. The van der Waals surface area contributed by atoms with Gasteiger partial charge in [0.05, 0.1) is 6.54 Å². The van der Waals surface area contributed by atoms with Crippen LogP contribution in [0.5, 0.6) is 0 Å². The van der Waals surface area contributed by atoms with Gasteiger partial charge in [-0.1, -0.05) is 18.1 Å². The lowest BCUT2D eigenvalue weighted by Gasteiger charge is -2.34. The predicted octanol–water partition coefficient (Wildman–Crippen LogP) is 0.138. The van der Waals surface area contributed by atoms with Gasteiger partial charge in [-0.25, -0.2) is 4.79 Å². The van der Waals surface area contributed by atoms with Crippen LogP contribution in [0.15, 0.2) is 12.2 Å². The van der Waals surface area contributed by atoms with E-state index in [2.05, 4.69) is 28.1 Å². The molecule has 0 spiro atoms. The van der Waals surface area contributed by atoms with Gasteiger partial charge in [-0.15, -0.1) is 6.42 Å². The third kappa shape index (κ3) is 5.23. The highest BCUT2D eigenvalue weighted by Crippen LogP contribution is 2.17. The first kappa shape index (κ1) is 17.8. The van der Waals surface area contributed by atoms with E-state index < -0.39 is 10.2 Å². The molecular weight excluding hydrogens is 316 g/mol. The number of amides is 2. The highest BCUT2D eigenvalue weighted by molar-refractivity contribution is 7.87. The fraction of sp³-hybridized carbons (Fsp3) is 0.667. The summed E-state index contributed by atoms with van der Waals surface area (Å²) in [5, 5.41) is 2.95. The fourth-order valence-corrected chi connectivity index (χ4v) is 3.83. The third-order valence-corrected chi connectivity index (χ3v) is 5.70. The number of urea groups is 1. The second kappa shape index (κ2) is 8.34. The number of rotatable bonds is 5. The van der Waals surface area contributed by atoms with Gasteiger partial charge in [-0.3, -0.25) is 0 Å². The van der Waals surface area contributed by atoms with Gasteiger partial charge in [0.2, 0.25) is 0 Å². The van der Waals surface area contributed by atoms with Crippen LogP contribution in [0.3, 0.4) is 0 Å². The second-order valence-electron chi connectivity index (χ2n) is 5.75. The Morgan fingerprint density at radius 1 is 1.26 bits per heavy atom. The molecule has 0 bridgehead atoms. The molecule has 7 nitrogen and oxygen atoms in total. The minimum Gasteiger partial charge on any atom is -0.338 e. The number of allylic oxidation sites excluding steroid dienone is 2. The lowest BCUT2D eigenvalue weighted by atomic mass is 9.94. The molecule has 0 aromatic rings. The molecular formula is C15H24N4O3S. The highest BCUT2D eigenvalue weighted by Gasteiger charge is 2.28. The van der Waals surface area contributed by atoms with E-state index in [-0.39, 0.29) is 25.7 Å². The summed E-state index contributed by atoms with van der Waals surface area (Å²) in [7, 11) is -3.55. The summed E-state index contributed by atoms with van der Waals surface area (Å²) in [6.07, 6.45) is 12.6. The molecule has 1 aliphatic heterocycles. The summed E-state index contributed by atoms with van der Waals surface area (Å²) in [6.45, 7) is 1.96. The van der Waals surface area contributed by atoms with E-state index in [1.54, 1.807) is 4.90 Å². The number of terminal acetylenes is 1. The molecule has 2 N–H and O–H groups in total. The first-order valence-electron chi connectivity index (χ1n) is 7.89. The van der Waals surface area contributed by atoms with Gasteiger partial charge in [0.25, 0.3) is 10.2 Å². The van der Waals surface area contributed by atoms with E-state index >= 15 is 0 Å². The second-order valence-corrected chi connectivity index (χ2v) is 7.51. The Balaban J connectivity index is 1.74. The molecule has 0 radical (unpaired) electrons. The Morgan fingerprint density at radius 2 is 2.00 bits per heavy atom. The largest absolute Gasteiger partial charge is 0.338 e. The summed E-state index contributed by atoms with van der Waals surface area (Å²) in [5.41, 5.74) is 0. The van der Waals surface area contributed by atoms with Crippen LogP contribution in [-0.2, 0) is 10.2 Å². The summed E-state index contributed by atoms with van der Waals surface area (Å²) < 4.78 is 27.5. The molecule has 1 fully saturated rings. The molecule has 1 unspecified atom stereocenters. The van der Waals surface area contributed by atoms with E-state index in [1.165, 1.54) is 4.31 Å². The lowest BCUT2D eigenvalue weighted by Crippen LogP contribution is -2.55. The Bertz CT molecular complexity index is 574. The van der Waals surface area contributed by atoms with Crippen LogP contribution in [0.25, 0.3) is 0 Å². The minimum absolute atomic E-state index is 0.0289. The van der Waals surface area contributed by atoms with Gasteiger partial charge in [-0.2, -0.15) is 17.4 Å². The maximum absolute atomic E-state index is 12.2. The number of carbonyl (C=O) groups excluding carboxylic acids is 1. The van der Waals surface area contributed by atoms with E-state index in [1.807, 2.05) is 0 Å². The Labute approximate surface area is 138 Å². The maximum atomic E-state index is 12.2. The first-order valence-corrected chi connectivity index (χ1v) is 9.33. The first-order chi connectivity index (χ1) is 11.0. The van der Waals surface area contributed by atoms with Crippen molar-refractivity contribution in [2.24, 2.45) is 5.92 Å². The van der Waals surface area contributed by atoms with Gasteiger partial charge in [0.15, 0.2) is 0 Å². The number of nitrogens with one attached hydrogen (secondary N) is 2. The van der Waals surface area contributed by atoms with E-state index in [4.69, 9.17) is 6.42 Å². The van der Waals surface area contributed by atoms with E-state index in [0.717, 1.165) is 19.3 Å². The molecule has 8 heteroatoms. The number of hydrogen-bond donors (Lipinski definition) is 2. The van der Waals surface area contributed by atoms with E-state index in [9.17, 15) is 13.2 Å². The van der Waals surface area contributed by atoms with Crippen LogP contribution in [0.4, 0.5) is 4.79 Å². The van der Waals surface area contributed by atoms with Crippen molar-refractivity contribution in [2.45, 2.75) is 19.3 Å². The van der Waals surface area contributed by atoms with Crippen molar-refractivity contribution in [3.63, 3.8) is 0 Å². The van der Waals surface area contributed by atoms with Crippen molar-refractivity contribution in [3.05, 3.63) is 12.2 Å². The van der Waals surface area contributed by atoms with Crippen molar-refractivity contribution in [3.8, 4) is 12.3 Å². The van der Waals surface area contributed by atoms with Crippen LogP contribution in [0.1, 0.15) is 19.3 Å². The summed E-state index contributed by atoms with van der Waals surface area (Å²) in [6, 6.07) is -0.117. The smallest absolute Gasteiger partial charge is 0.317 e. The molecule has 0 saturated carbocycles. The molecule has 1 heterocycles. The zero-order valence-electron chi connectivity index (χ0n) is 13.2. The van der Waals surface area contributed by atoms with Gasteiger partial charge >= 0.3 is 6.03 Å². The average Bonchev–Trinajstić information content (AvgIpc) is 2.59. The highest BCUT2D eigenvalue weighted by atomic mass is 32.2. The normalized spacial score (nSPS) is 22.6. The molecule has 2 rings (SSSR count). The van der Waals surface area contributed by atoms with Crippen LogP contribution in [0, 0.1) is 18.3 Å². The fourth-order valence-electron chi connectivity index (χ4n) is 2.74.